The van der Waals surface area contributed by atoms with Crippen molar-refractivity contribution in [2.24, 2.45) is 0 Å². The lowest BCUT2D eigenvalue weighted by Crippen LogP contribution is -2.43. The van der Waals surface area contributed by atoms with E-state index in [0.717, 1.165) is 5.56 Å². The van der Waals surface area contributed by atoms with Crippen LogP contribution in [-0.2, 0) is 16.0 Å². The fourth-order valence-electron chi connectivity index (χ4n) is 2.00. The van der Waals surface area contributed by atoms with Crippen LogP contribution in [0, 0.1) is 0 Å². The predicted molar refractivity (Wildman–Crippen MR) is 57.5 cm³/mol. The Balaban J connectivity index is 2.35. The summed E-state index contributed by atoms with van der Waals surface area (Å²) < 4.78 is 10.4. The van der Waals surface area contributed by atoms with Gasteiger partial charge in [-0.15, -0.1) is 0 Å². The second-order valence-corrected chi connectivity index (χ2v) is 3.91. The molecule has 16 heavy (non-hydrogen) atoms. The summed E-state index contributed by atoms with van der Waals surface area (Å²) in [5.74, 6) is 0.454. The fourth-order valence-corrected chi connectivity index (χ4v) is 2.00. The van der Waals surface area contributed by atoms with E-state index in [1.165, 1.54) is 7.11 Å². The number of phenolic OH excluding ortho intramolecular Hbond substituents is 1. The molecule has 0 bridgehead atoms. The summed E-state index contributed by atoms with van der Waals surface area (Å²) in [5, 5.41) is 9.36. The summed E-state index contributed by atoms with van der Waals surface area (Å²) in [4.78, 5) is 11.7. The second-order valence-electron chi connectivity index (χ2n) is 3.91. The standard InChI is InChI=1S/C12H14O4/c1-3-12(11(14)15-2)7-8-6-9(13)4-5-10(8)16-12/h4-6,13H,3,7H2,1-2H3/t12-/m1/s1. The van der Waals surface area contributed by atoms with Gasteiger partial charge in [-0.05, 0) is 24.6 Å². The van der Waals surface area contributed by atoms with Gasteiger partial charge in [-0.1, -0.05) is 6.92 Å². The Morgan fingerprint density at radius 3 is 3.00 bits per heavy atom. The van der Waals surface area contributed by atoms with Crippen LogP contribution in [0.3, 0.4) is 0 Å². The normalized spacial score (nSPS) is 22.4. The zero-order valence-electron chi connectivity index (χ0n) is 9.32. The molecule has 0 amide bonds. The van der Waals surface area contributed by atoms with Gasteiger partial charge >= 0.3 is 5.97 Å². The van der Waals surface area contributed by atoms with E-state index >= 15 is 0 Å². The first-order valence-electron chi connectivity index (χ1n) is 5.20. The first-order valence-corrected chi connectivity index (χ1v) is 5.20. The summed E-state index contributed by atoms with van der Waals surface area (Å²) in [5.41, 5.74) is -0.0857. The number of esters is 1. The van der Waals surface area contributed by atoms with Crippen LogP contribution in [-0.4, -0.2) is 23.8 Å². The number of methoxy groups -OCH3 is 1. The van der Waals surface area contributed by atoms with Gasteiger partial charge in [0.15, 0.2) is 0 Å². The van der Waals surface area contributed by atoms with Gasteiger partial charge in [0.1, 0.15) is 11.5 Å². The van der Waals surface area contributed by atoms with Gasteiger partial charge in [-0.2, -0.15) is 0 Å². The number of hydrogen-bond donors (Lipinski definition) is 1. The Morgan fingerprint density at radius 2 is 2.38 bits per heavy atom. The van der Waals surface area contributed by atoms with E-state index in [0.29, 0.717) is 18.6 Å². The molecule has 1 heterocycles. The lowest BCUT2D eigenvalue weighted by atomic mass is 9.94. The summed E-state index contributed by atoms with van der Waals surface area (Å²) >= 11 is 0. The van der Waals surface area contributed by atoms with Crippen molar-refractivity contribution in [3.8, 4) is 11.5 Å². The largest absolute Gasteiger partial charge is 0.508 e. The maximum absolute atomic E-state index is 11.7. The Kier molecular flexibility index (Phi) is 2.50. The van der Waals surface area contributed by atoms with E-state index < -0.39 is 5.60 Å². The van der Waals surface area contributed by atoms with Crippen LogP contribution >= 0.6 is 0 Å². The van der Waals surface area contributed by atoms with E-state index in [4.69, 9.17) is 9.47 Å². The molecule has 0 fully saturated rings. The van der Waals surface area contributed by atoms with E-state index in [1.54, 1.807) is 18.2 Å². The average molecular weight is 222 g/mol. The van der Waals surface area contributed by atoms with Crippen molar-refractivity contribution < 1.29 is 19.4 Å². The minimum atomic E-state index is -0.926. The second kappa shape index (κ2) is 3.70. The number of hydrogen-bond acceptors (Lipinski definition) is 4. The van der Waals surface area contributed by atoms with E-state index in [1.807, 2.05) is 6.92 Å². The molecule has 0 radical (unpaired) electrons. The fraction of sp³-hybridized carbons (Fsp3) is 0.417. The quantitative estimate of drug-likeness (QED) is 0.773. The highest BCUT2D eigenvalue weighted by Gasteiger charge is 2.45. The monoisotopic (exact) mass is 222 g/mol. The third kappa shape index (κ3) is 1.50. The number of fused-ring (bicyclic) bond motifs is 1. The molecule has 0 aromatic heterocycles. The molecule has 4 nitrogen and oxygen atoms in total. The van der Waals surface area contributed by atoms with Gasteiger partial charge in [0.05, 0.1) is 7.11 Å². The van der Waals surface area contributed by atoms with Crippen LogP contribution < -0.4 is 4.74 Å². The summed E-state index contributed by atoms with van der Waals surface area (Å²) in [7, 11) is 1.35. The number of carbonyl (C=O) groups is 1. The van der Waals surface area contributed by atoms with Gasteiger partial charge in [0.25, 0.3) is 0 Å². The molecule has 86 valence electrons. The van der Waals surface area contributed by atoms with Crippen LogP contribution in [0.2, 0.25) is 0 Å². The first-order chi connectivity index (χ1) is 7.61. The highest BCUT2D eigenvalue weighted by molar-refractivity contribution is 5.81. The van der Waals surface area contributed by atoms with Crippen molar-refractivity contribution in [3.05, 3.63) is 23.8 Å². The summed E-state index contributed by atoms with van der Waals surface area (Å²) in [6.45, 7) is 1.88. The molecule has 2 rings (SSSR count). The van der Waals surface area contributed by atoms with Gasteiger partial charge in [0.2, 0.25) is 5.60 Å². The molecule has 1 aromatic rings. The molecule has 4 heteroatoms. The molecule has 0 saturated carbocycles. The zero-order chi connectivity index (χ0) is 11.8. The van der Waals surface area contributed by atoms with Crippen molar-refractivity contribution in [1.82, 2.24) is 0 Å². The Morgan fingerprint density at radius 1 is 1.62 bits per heavy atom. The smallest absolute Gasteiger partial charge is 0.350 e. The minimum absolute atomic E-state index is 0.180. The summed E-state index contributed by atoms with van der Waals surface area (Å²) in [6.07, 6.45) is 0.981. The lowest BCUT2D eigenvalue weighted by Gasteiger charge is -2.23. The van der Waals surface area contributed by atoms with Crippen LogP contribution in [0.5, 0.6) is 11.5 Å². The number of rotatable bonds is 2. The third-order valence-corrected chi connectivity index (χ3v) is 2.95. The van der Waals surface area contributed by atoms with Crippen LogP contribution in [0.15, 0.2) is 18.2 Å². The molecular weight excluding hydrogens is 208 g/mol. The molecule has 1 aliphatic heterocycles. The Labute approximate surface area is 93.8 Å². The molecule has 1 aliphatic rings. The molecule has 0 saturated heterocycles. The number of benzene rings is 1. The van der Waals surface area contributed by atoms with Crippen LogP contribution in [0.1, 0.15) is 18.9 Å². The molecule has 0 aliphatic carbocycles. The maximum Gasteiger partial charge on any atom is 0.350 e. The Hall–Kier alpha value is -1.71. The SMILES string of the molecule is CC[C@]1(C(=O)OC)Cc2cc(O)ccc2O1. The van der Waals surface area contributed by atoms with Crippen molar-refractivity contribution in [1.29, 1.82) is 0 Å². The number of aromatic hydroxyl groups is 1. The van der Waals surface area contributed by atoms with Gasteiger partial charge < -0.3 is 14.6 Å². The van der Waals surface area contributed by atoms with E-state index in [-0.39, 0.29) is 11.7 Å². The van der Waals surface area contributed by atoms with Crippen LogP contribution in [0.4, 0.5) is 0 Å². The number of ether oxygens (including phenoxy) is 2. The van der Waals surface area contributed by atoms with E-state index in [2.05, 4.69) is 0 Å². The van der Waals surface area contributed by atoms with Crippen molar-refractivity contribution >= 4 is 5.97 Å². The third-order valence-electron chi connectivity index (χ3n) is 2.95. The summed E-state index contributed by atoms with van der Waals surface area (Å²) in [6, 6.07) is 4.84. The molecule has 1 N–H and O–H groups in total. The van der Waals surface area contributed by atoms with Crippen molar-refractivity contribution in [2.75, 3.05) is 7.11 Å². The Bertz CT molecular complexity index is 427. The zero-order valence-corrected chi connectivity index (χ0v) is 9.32. The van der Waals surface area contributed by atoms with Crippen molar-refractivity contribution in [2.45, 2.75) is 25.4 Å². The minimum Gasteiger partial charge on any atom is -0.508 e. The average Bonchev–Trinajstić information content (AvgIpc) is 2.67. The molecular formula is C12H14O4. The van der Waals surface area contributed by atoms with E-state index in [9.17, 15) is 9.90 Å². The van der Waals surface area contributed by atoms with Gasteiger partial charge in [-0.3, -0.25) is 0 Å². The molecule has 0 spiro atoms. The van der Waals surface area contributed by atoms with Gasteiger partial charge in [-0.25, -0.2) is 4.79 Å². The maximum atomic E-state index is 11.7. The highest BCUT2D eigenvalue weighted by Crippen LogP contribution is 2.39. The topological polar surface area (TPSA) is 55.8 Å². The van der Waals surface area contributed by atoms with Crippen LogP contribution in [0.25, 0.3) is 0 Å². The number of phenols is 1. The molecule has 1 aromatic carbocycles. The number of carbonyl (C=O) groups excluding carboxylic acids is 1. The molecule has 1 atom stereocenters. The lowest BCUT2D eigenvalue weighted by molar-refractivity contribution is -0.157. The highest BCUT2D eigenvalue weighted by atomic mass is 16.6. The van der Waals surface area contributed by atoms with Gasteiger partial charge in [0, 0.05) is 12.0 Å². The van der Waals surface area contributed by atoms with Crippen molar-refractivity contribution in [3.63, 3.8) is 0 Å². The first kappa shape index (κ1) is 10.8. The predicted octanol–water partition coefficient (Wildman–Crippen LogP) is 1.65. The molecule has 0 unspecified atom stereocenters.